The summed E-state index contributed by atoms with van der Waals surface area (Å²) in [5.41, 5.74) is 0.480. The van der Waals surface area contributed by atoms with E-state index in [0.717, 1.165) is 30.6 Å². The highest BCUT2D eigenvalue weighted by molar-refractivity contribution is 6.08. The normalized spacial score (nSPS) is 13.7. The number of carbonyl (C=O) groups excluding carboxylic acids is 1. The Balaban J connectivity index is 0.00000441. The average molecular weight is 570 g/mol. The maximum Gasteiger partial charge on any atom is 0.332 e. The van der Waals surface area contributed by atoms with Crippen molar-refractivity contribution < 1.29 is 14.5 Å². The SMILES string of the molecule is Cl.Cn1c(N2CCN(CCCOc3ccccc3C(=O)/C=C/c3ccc([N+](=O)[O-])cc3)CC2)cc(=O)n(C)c1=O. The van der Waals surface area contributed by atoms with Crippen molar-refractivity contribution in [2.75, 3.05) is 44.2 Å². The molecule has 0 saturated carbocycles. The zero-order valence-corrected chi connectivity index (χ0v) is 23.2. The van der Waals surface area contributed by atoms with Crippen molar-refractivity contribution in [3.8, 4) is 5.75 Å². The van der Waals surface area contributed by atoms with Gasteiger partial charge in [-0.2, -0.15) is 0 Å². The zero-order chi connectivity index (χ0) is 27.9. The highest BCUT2D eigenvalue weighted by Gasteiger charge is 2.20. The van der Waals surface area contributed by atoms with Gasteiger partial charge in [0.15, 0.2) is 5.78 Å². The molecular formula is C28H32ClN5O6. The Morgan fingerprint density at radius 1 is 1.00 bits per heavy atom. The molecule has 0 atom stereocenters. The van der Waals surface area contributed by atoms with E-state index in [2.05, 4.69) is 9.80 Å². The van der Waals surface area contributed by atoms with E-state index in [9.17, 15) is 24.5 Å². The first-order chi connectivity index (χ1) is 18.7. The standard InChI is InChI=1S/C28H31N5O6.ClH/c1-29-26(20-27(35)30(2)28(29)36)32-17-15-31(16-18-32)14-5-19-39-25-7-4-3-6-23(25)24(34)13-10-21-8-11-22(12-9-21)33(37)38;/h3-4,6-13,20H,5,14-19H2,1-2H3;1H/b13-10+;. The Hall–Kier alpha value is -4.22. The molecule has 1 fully saturated rings. The Labute approximate surface area is 237 Å². The molecule has 0 radical (unpaired) electrons. The van der Waals surface area contributed by atoms with Gasteiger partial charge in [0.2, 0.25) is 0 Å². The Kier molecular flexibility index (Phi) is 10.4. The number of piperazine rings is 1. The quantitative estimate of drug-likeness (QED) is 0.120. The Morgan fingerprint density at radius 2 is 1.68 bits per heavy atom. The lowest BCUT2D eigenvalue weighted by Crippen LogP contribution is -2.49. The molecule has 0 bridgehead atoms. The first-order valence-electron chi connectivity index (χ1n) is 12.7. The number of nitro benzene ring substituents is 1. The van der Waals surface area contributed by atoms with Crippen LogP contribution in [0.1, 0.15) is 22.3 Å². The van der Waals surface area contributed by atoms with Crippen LogP contribution in [0.15, 0.2) is 70.3 Å². The lowest BCUT2D eigenvalue weighted by Gasteiger charge is -2.36. The number of non-ortho nitro benzene ring substituents is 1. The van der Waals surface area contributed by atoms with E-state index in [1.165, 1.54) is 35.9 Å². The van der Waals surface area contributed by atoms with E-state index in [1.807, 2.05) is 6.07 Å². The second kappa shape index (κ2) is 13.7. The number of carbonyl (C=O) groups is 1. The molecule has 0 amide bonds. The Morgan fingerprint density at radius 3 is 2.35 bits per heavy atom. The van der Waals surface area contributed by atoms with Gasteiger partial charge in [-0.05, 0) is 42.3 Å². The number of para-hydroxylation sites is 1. The highest BCUT2D eigenvalue weighted by Crippen LogP contribution is 2.20. The monoisotopic (exact) mass is 569 g/mol. The predicted octanol–water partition coefficient (Wildman–Crippen LogP) is 2.90. The number of halogens is 1. The fraction of sp³-hybridized carbons (Fsp3) is 0.321. The molecule has 0 spiro atoms. The second-order valence-corrected chi connectivity index (χ2v) is 9.31. The number of ether oxygens (including phenoxy) is 1. The summed E-state index contributed by atoms with van der Waals surface area (Å²) in [6, 6.07) is 14.5. The summed E-state index contributed by atoms with van der Waals surface area (Å²) in [4.78, 5) is 51.8. The number of rotatable bonds is 10. The number of nitro groups is 1. The number of ketones is 1. The molecule has 2 aromatic carbocycles. The third kappa shape index (κ3) is 7.25. The number of anilines is 1. The molecule has 0 aliphatic carbocycles. The van der Waals surface area contributed by atoms with Crippen molar-refractivity contribution in [1.29, 1.82) is 0 Å². The van der Waals surface area contributed by atoms with Gasteiger partial charge in [0.25, 0.3) is 11.2 Å². The van der Waals surface area contributed by atoms with Crippen molar-refractivity contribution in [2.45, 2.75) is 6.42 Å². The number of benzene rings is 2. The lowest BCUT2D eigenvalue weighted by molar-refractivity contribution is -0.384. The molecule has 40 heavy (non-hydrogen) atoms. The number of hydrogen-bond acceptors (Lipinski definition) is 8. The van der Waals surface area contributed by atoms with Gasteiger partial charge < -0.3 is 9.64 Å². The minimum atomic E-state index is -0.467. The highest BCUT2D eigenvalue weighted by atomic mass is 35.5. The van der Waals surface area contributed by atoms with Crippen LogP contribution in [0.3, 0.4) is 0 Å². The van der Waals surface area contributed by atoms with Gasteiger partial charge >= 0.3 is 5.69 Å². The van der Waals surface area contributed by atoms with Crippen LogP contribution in [0.5, 0.6) is 5.75 Å². The number of nitrogens with zero attached hydrogens (tertiary/aromatic N) is 5. The van der Waals surface area contributed by atoms with E-state index in [-0.39, 0.29) is 35.1 Å². The van der Waals surface area contributed by atoms with Crippen molar-refractivity contribution in [1.82, 2.24) is 14.0 Å². The average Bonchev–Trinajstić information content (AvgIpc) is 2.95. The third-order valence-electron chi connectivity index (χ3n) is 6.76. The van der Waals surface area contributed by atoms with Crippen LogP contribution in [0, 0.1) is 10.1 Å². The largest absolute Gasteiger partial charge is 0.493 e. The van der Waals surface area contributed by atoms with Crippen LogP contribution < -0.4 is 20.9 Å². The number of allylic oxidation sites excluding steroid dienone is 1. The summed E-state index contributed by atoms with van der Waals surface area (Å²) in [6.45, 7) is 4.27. The molecule has 212 valence electrons. The minimum absolute atomic E-state index is 0. The van der Waals surface area contributed by atoms with Crippen LogP contribution >= 0.6 is 12.4 Å². The first-order valence-corrected chi connectivity index (χ1v) is 12.7. The van der Waals surface area contributed by atoms with Crippen LogP contribution in [0.4, 0.5) is 11.5 Å². The molecule has 1 aliphatic rings. The maximum absolute atomic E-state index is 12.8. The summed E-state index contributed by atoms with van der Waals surface area (Å²) >= 11 is 0. The smallest absolute Gasteiger partial charge is 0.332 e. The van der Waals surface area contributed by atoms with E-state index < -0.39 is 4.92 Å². The molecule has 1 saturated heterocycles. The van der Waals surface area contributed by atoms with Gasteiger partial charge in [-0.15, -0.1) is 12.4 Å². The molecule has 4 rings (SSSR count). The number of hydrogen-bond donors (Lipinski definition) is 0. The third-order valence-corrected chi connectivity index (χ3v) is 6.76. The molecule has 3 aromatic rings. The van der Waals surface area contributed by atoms with Crippen molar-refractivity contribution in [3.63, 3.8) is 0 Å². The maximum atomic E-state index is 12.8. The van der Waals surface area contributed by atoms with Gasteiger partial charge in [-0.1, -0.05) is 18.2 Å². The van der Waals surface area contributed by atoms with Crippen LogP contribution in [-0.4, -0.2) is 64.1 Å². The fourth-order valence-electron chi connectivity index (χ4n) is 4.46. The van der Waals surface area contributed by atoms with E-state index in [4.69, 9.17) is 4.74 Å². The van der Waals surface area contributed by atoms with Gasteiger partial charge in [0, 0.05) is 65.0 Å². The predicted molar refractivity (Wildman–Crippen MR) is 156 cm³/mol. The van der Waals surface area contributed by atoms with Crippen LogP contribution in [0.2, 0.25) is 0 Å². The molecule has 1 aromatic heterocycles. The van der Waals surface area contributed by atoms with Crippen molar-refractivity contribution in [2.24, 2.45) is 14.1 Å². The van der Waals surface area contributed by atoms with Crippen LogP contribution in [-0.2, 0) is 14.1 Å². The Bertz CT molecular complexity index is 1490. The fourth-order valence-corrected chi connectivity index (χ4v) is 4.46. The van der Waals surface area contributed by atoms with Gasteiger partial charge in [-0.3, -0.25) is 33.7 Å². The summed E-state index contributed by atoms with van der Waals surface area (Å²) < 4.78 is 8.55. The summed E-state index contributed by atoms with van der Waals surface area (Å²) in [6.07, 6.45) is 3.82. The second-order valence-electron chi connectivity index (χ2n) is 9.31. The van der Waals surface area contributed by atoms with Gasteiger partial charge in [-0.25, -0.2) is 4.79 Å². The zero-order valence-electron chi connectivity index (χ0n) is 22.4. The molecular weight excluding hydrogens is 538 g/mol. The van der Waals surface area contributed by atoms with Gasteiger partial charge in [0.05, 0.1) is 17.1 Å². The molecule has 12 heteroatoms. The summed E-state index contributed by atoms with van der Waals surface area (Å²) in [7, 11) is 3.15. The van der Waals surface area contributed by atoms with Crippen LogP contribution in [0.25, 0.3) is 6.08 Å². The molecule has 0 N–H and O–H groups in total. The molecule has 0 unspecified atom stereocenters. The minimum Gasteiger partial charge on any atom is -0.493 e. The summed E-state index contributed by atoms with van der Waals surface area (Å²) in [5.74, 6) is 0.924. The van der Waals surface area contributed by atoms with E-state index in [0.29, 0.717) is 42.4 Å². The van der Waals surface area contributed by atoms with E-state index >= 15 is 0 Å². The van der Waals surface area contributed by atoms with Crippen molar-refractivity contribution in [3.05, 3.63) is 103 Å². The number of aromatic nitrogens is 2. The molecule has 11 nitrogen and oxygen atoms in total. The lowest BCUT2D eigenvalue weighted by atomic mass is 10.1. The first kappa shape index (κ1) is 30.3. The van der Waals surface area contributed by atoms with Gasteiger partial charge in [0.1, 0.15) is 11.6 Å². The summed E-state index contributed by atoms with van der Waals surface area (Å²) in [5, 5.41) is 10.8. The van der Waals surface area contributed by atoms with E-state index in [1.54, 1.807) is 43.5 Å². The molecule has 1 aliphatic heterocycles. The molecule has 2 heterocycles. The van der Waals surface area contributed by atoms with Crippen molar-refractivity contribution >= 4 is 35.8 Å². The topological polar surface area (TPSA) is 120 Å².